The Morgan fingerprint density at radius 3 is 1.83 bits per heavy atom. The first-order valence-electron chi connectivity index (χ1n) is 6.74. The van der Waals surface area contributed by atoms with Crippen molar-refractivity contribution in [3.63, 3.8) is 0 Å². The van der Waals surface area contributed by atoms with Crippen molar-refractivity contribution in [1.82, 2.24) is 0 Å². The molecule has 0 aromatic rings. The first-order valence-corrected chi connectivity index (χ1v) is 7.84. The predicted molar refractivity (Wildman–Crippen MR) is 77.1 cm³/mol. The minimum Gasteiger partial charge on any atom is -0.591 e. The fraction of sp³-hybridized carbons (Fsp3) is 0.857. The SMILES string of the molecule is CC1CCC1=O.C[C@H]1CCC1=N[S+]([O-])C(C)(C)C. The van der Waals surface area contributed by atoms with Crippen molar-refractivity contribution in [2.45, 2.75) is 65.0 Å². The highest BCUT2D eigenvalue weighted by Gasteiger charge is 2.30. The number of hydrogen-bond acceptors (Lipinski definition) is 3. The maximum atomic E-state index is 11.5. The van der Waals surface area contributed by atoms with Crippen LogP contribution in [-0.2, 0) is 16.2 Å². The number of ketones is 1. The summed E-state index contributed by atoms with van der Waals surface area (Å²) < 4.78 is 15.6. The molecule has 0 amide bonds. The summed E-state index contributed by atoms with van der Waals surface area (Å²) in [5.41, 5.74) is 1.14. The minimum atomic E-state index is -1.05. The van der Waals surface area contributed by atoms with Gasteiger partial charge in [-0.1, -0.05) is 18.2 Å². The van der Waals surface area contributed by atoms with Crippen molar-refractivity contribution < 1.29 is 9.35 Å². The smallest absolute Gasteiger partial charge is 0.144 e. The van der Waals surface area contributed by atoms with Gasteiger partial charge < -0.3 is 4.55 Å². The van der Waals surface area contributed by atoms with Gasteiger partial charge >= 0.3 is 0 Å². The molecule has 104 valence electrons. The van der Waals surface area contributed by atoms with E-state index >= 15 is 0 Å². The van der Waals surface area contributed by atoms with Gasteiger partial charge in [0, 0.05) is 12.3 Å². The van der Waals surface area contributed by atoms with Crippen LogP contribution >= 0.6 is 0 Å². The lowest BCUT2D eigenvalue weighted by atomic mass is 9.85. The molecule has 0 heterocycles. The van der Waals surface area contributed by atoms with Gasteiger partial charge in [0.1, 0.15) is 21.9 Å². The Hall–Kier alpha value is -0.350. The van der Waals surface area contributed by atoms with Crippen LogP contribution in [0.15, 0.2) is 4.40 Å². The highest BCUT2D eigenvalue weighted by molar-refractivity contribution is 7.91. The molecular formula is C14H25NO2S. The van der Waals surface area contributed by atoms with Crippen LogP contribution in [0.3, 0.4) is 0 Å². The second kappa shape index (κ2) is 6.20. The molecule has 2 aliphatic rings. The zero-order valence-electron chi connectivity index (χ0n) is 12.2. The van der Waals surface area contributed by atoms with Crippen LogP contribution in [0.4, 0.5) is 0 Å². The molecule has 0 spiro atoms. The van der Waals surface area contributed by atoms with Gasteiger partial charge in [-0.2, -0.15) is 0 Å². The Morgan fingerprint density at radius 2 is 1.67 bits per heavy atom. The van der Waals surface area contributed by atoms with Crippen molar-refractivity contribution in [2.75, 3.05) is 0 Å². The van der Waals surface area contributed by atoms with E-state index in [-0.39, 0.29) is 4.75 Å². The molecule has 2 rings (SSSR count). The Bertz CT molecular complexity index is 333. The summed E-state index contributed by atoms with van der Waals surface area (Å²) in [6.45, 7) is 9.98. The quantitative estimate of drug-likeness (QED) is 0.687. The first kappa shape index (κ1) is 15.7. The van der Waals surface area contributed by atoms with Crippen molar-refractivity contribution in [3.8, 4) is 0 Å². The summed E-state index contributed by atoms with van der Waals surface area (Å²) in [6.07, 6.45) is 4.21. The summed E-state index contributed by atoms with van der Waals surface area (Å²) in [5, 5.41) is 0. The van der Waals surface area contributed by atoms with Crippen LogP contribution in [0.25, 0.3) is 0 Å². The lowest BCUT2D eigenvalue weighted by molar-refractivity contribution is -0.128. The fourth-order valence-electron chi connectivity index (χ4n) is 1.49. The molecule has 2 unspecified atom stereocenters. The first-order chi connectivity index (χ1) is 8.21. The molecule has 3 nitrogen and oxygen atoms in total. The number of Topliss-reactive ketones (excluding diaryl/α,β-unsaturated/α-hetero) is 1. The second-order valence-electron chi connectivity index (χ2n) is 6.29. The van der Waals surface area contributed by atoms with Crippen LogP contribution in [0.5, 0.6) is 0 Å². The van der Waals surface area contributed by atoms with Crippen molar-refractivity contribution in [1.29, 1.82) is 0 Å². The lowest BCUT2D eigenvalue weighted by Crippen LogP contribution is -2.31. The standard InChI is InChI=1S/C9H17NOS.C5H8O/c1-7-5-6-8(7)10-12(11)9(2,3)4;1-4-2-3-5(4)6/h7H,5-6H2,1-4H3;4H,2-3H2,1H3/t7-,12?;/m0./s1. The molecule has 0 N–H and O–H groups in total. The van der Waals surface area contributed by atoms with Gasteiger partial charge in [0.2, 0.25) is 0 Å². The largest absolute Gasteiger partial charge is 0.591 e. The summed E-state index contributed by atoms with van der Waals surface area (Å²) in [6, 6.07) is 0. The van der Waals surface area contributed by atoms with E-state index < -0.39 is 11.4 Å². The third-order valence-corrected chi connectivity index (χ3v) is 4.95. The van der Waals surface area contributed by atoms with E-state index in [0.29, 0.717) is 17.6 Å². The van der Waals surface area contributed by atoms with Crippen molar-refractivity contribution in [2.24, 2.45) is 16.2 Å². The molecule has 0 aromatic heterocycles. The van der Waals surface area contributed by atoms with E-state index in [9.17, 15) is 9.35 Å². The van der Waals surface area contributed by atoms with E-state index in [4.69, 9.17) is 0 Å². The van der Waals surface area contributed by atoms with E-state index in [1.54, 1.807) is 0 Å². The van der Waals surface area contributed by atoms with Gasteiger partial charge in [0.25, 0.3) is 0 Å². The Kier molecular flexibility index (Phi) is 5.41. The maximum Gasteiger partial charge on any atom is 0.144 e. The molecule has 0 bridgehead atoms. The summed E-state index contributed by atoms with van der Waals surface area (Å²) in [4.78, 5) is 10.2. The highest BCUT2D eigenvalue weighted by Crippen LogP contribution is 2.26. The Balaban J connectivity index is 0.000000225. The summed E-state index contributed by atoms with van der Waals surface area (Å²) >= 11 is -1.05. The van der Waals surface area contributed by atoms with E-state index in [0.717, 1.165) is 25.0 Å². The zero-order valence-corrected chi connectivity index (χ0v) is 13.0. The number of carbonyl (C=O) groups is 1. The number of carbonyl (C=O) groups excluding carboxylic acids is 1. The van der Waals surface area contributed by atoms with E-state index in [1.807, 2.05) is 27.7 Å². The Labute approximate surface area is 114 Å². The second-order valence-corrected chi connectivity index (χ2v) is 8.20. The fourth-order valence-corrected chi connectivity index (χ4v) is 2.25. The Morgan fingerprint density at radius 1 is 1.17 bits per heavy atom. The third-order valence-electron chi connectivity index (χ3n) is 3.50. The maximum absolute atomic E-state index is 11.5. The monoisotopic (exact) mass is 271 g/mol. The molecule has 2 saturated carbocycles. The van der Waals surface area contributed by atoms with Crippen LogP contribution in [0.2, 0.25) is 0 Å². The predicted octanol–water partition coefficient (Wildman–Crippen LogP) is 3.30. The molecule has 0 saturated heterocycles. The van der Waals surface area contributed by atoms with Crippen LogP contribution in [0, 0.1) is 11.8 Å². The molecular weight excluding hydrogens is 246 g/mol. The van der Waals surface area contributed by atoms with Gasteiger partial charge in [0.05, 0.1) is 5.71 Å². The molecule has 0 radical (unpaired) electrons. The third kappa shape index (κ3) is 4.39. The number of nitrogens with zero attached hydrogens (tertiary/aromatic N) is 1. The minimum absolute atomic E-state index is 0.206. The van der Waals surface area contributed by atoms with Crippen LogP contribution in [-0.4, -0.2) is 20.8 Å². The lowest BCUT2D eigenvalue weighted by Gasteiger charge is -2.26. The van der Waals surface area contributed by atoms with Gasteiger partial charge in [-0.3, -0.25) is 4.79 Å². The van der Waals surface area contributed by atoms with Gasteiger partial charge in [-0.25, -0.2) is 0 Å². The highest BCUT2D eigenvalue weighted by atomic mass is 32.2. The molecule has 4 heteroatoms. The van der Waals surface area contributed by atoms with Gasteiger partial charge in [0.15, 0.2) is 0 Å². The molecule has 3 atom stereocenters. The zero-order chi connectivity index (χ0) is 13.9. The summed E-state index contributed by atoms with van der Waals surface area (Å²) in [7, 11) is 0. The molecule has 0 aliphatic heterocycles. The molecule has 0 aromatic carbocycles. The average molecular weight is 271 g/mol. The van der Waals surface area contributed by atoms with Crippen molar-refractivity contribution >= 4 is 22.9 Å². The molecule has 18 heavy (non-hydrogen) atoms. The van der Waals surface area contributed by atoms with Gasteiger partial charge in [-0.15, -0.1) is 0 Å². The number of rotatable bonds is 1. The van der Waals surface area contributed by atoms with E-state index in [2.05, 4.69) is 11.3 Å². The van der Waals surface area contributed by atoms with Crippen LogP contribution < -0.4 is 0 Å². The van der Waals surface area contributed by atoms with E-state index in [1.165, 1.54) is 6.42 Å². The van der Waals surface area contributed by atoms with Crippen molar-refractivity contribution in [3.05, 3.63) is 0 Å². The normalized spacial score (nSPS) is 31.0. The average Bonchev–Trinajstić information content (AvgIpc) is 2.30. The summed E-state index contributed by atoms with van der Waals surface area (Å²) in [5.74, 6) is 1.40. The topological polar surface area (TPSA) is 52.5 Å². The van der Waals surface area contributed by atoms with Crippen LogP contribution in [0.1, 0.15) is 60.3 Å². The van der Waals surface area contributed by atoms with Gasteiger partial charge in [-0.05, 0) is 46.0 Å². The number of hydrogen-bond donors (Lipinski definition) is 0. The molecule has 2 fully saturated rings. The molecule has 2 aliphatic carbocycles.